The Morgan fingerprint density at radius 2 is 2.19 bits per heavy atom. The molecule has 4 heterocycles. The minimum absolute atomic E-state index is 0.563. The van der Waals surface area contributed by atoms with Gasteiger partial charge in [-0.1, -0.05) is 11.6 Å². The van der Waals surface area contributed by atoms with Gasteiger partial charge in [0.2, 0.25) is 0 Å². The van der Waals surface area contributed by atoms with Crippen LogP contribution in [-0.2, 0) is 6.54 Å². The summed E-state index contributed by atoms with van der Waals surface area (Å²) in [5, 5.41) is 9.14. The highest BCUT2D eigenvalue weighted by Crippen LogP contribution is 2.26. The minimum atomic E-state index is 0.563. The van der Waals surface area contributed by atoms with E-state index in [2.05, 4.69) is 25.1 Å². The molecule has 21 heavy (non-hydrogen) atoms. The third-order valence-electron chi connectivity index (χ3n) is 3.69. The fourth-order valence-corrected chi connectivity index (χ4v) is 2.87. The number of halogens is 1. The summed E-state index contributed by atoms with van der Waals surface area (Å²) in [6.45, 7) is 4.79. The molecule has 8 heteroatoms. The van der Waals surface area contributed by atoms with E-state index >= 15 is 0 Å². The summed E-state index contributed by atoms with van der Waals surface area (Å²) in [7, 11) is 0. The molecule has 0 unspecified atom stereocenters. The average molecular weight is 304 g/mol. The largest absolute Gasteiger partial charge is 0.356 e. The van der Waals surface area contributed by atoms with Crippen LogP contribution in [0.3, 0.4) is 0 Å². The topological polar surface area (TPSA) is 64.1 Å². The summed E-state index contributed by atoms with van der Waals surface area (Å²) in [4.78, 5) is 10.8. The Kier molecular flexibility index (Phi) is 2.81. The number of anilines is 1. The SMILES string of the molecule is Cc1cc(N2CC(Cn3cc(Cl)cn3)C2)n2ncnc2n1. The fraction of sp³-hybridized carbons (Fsp3) is 0.385. The molecule has 1 aliphatic rings. The van der Waals surface area contributed by atoms with Crippen LogP contribution in [0.1, 0.15) is 5.69 Å². The van der Waals surface area contributed by atoms with Crippen molar-refractivity contribution in [2.24, 2.45) is 5.92 Å². The third kappa shape index (κ3) is 2.23. The molecule has 0 N–H and O–H groups in total. The maximum atomic E-state index is 5.88. The Balaban J connectivity index is 1.50. The van der Waals surface area contributed by atoms with Crippen LogP contribution in [0, 0.1) is 12.8 Å². The summed E-state index contributed by atoms with van der Waals surface area (Å²) >= 11 is 5.88. The zero-order valence-corrected chi connectivity index (χ0v) is 12.3. The van der Waals surface area contributed by atoms with Crippen LogP contribution in [0.15, 0.2) is 24.8 Å². The van der Waals surface area contributed by atoms with Gasteiger partial charge in [0.05, 0.1) is 11.2 Å². The molecule has 0 aliphatic carbocycles. The van der Waals surface area contributed by atoms with Crippen molar-refractivity contribution in [3.05, 3.63) is 35.5 Å². The quantitative estimate of drug-likeness (QED) is 0.732. The predicted octanol–water partition coefficient (Wildman–Crippen LogP) is 1.42. The molecule has 108 valence electrons. The lowest BCUT2D eigenvalue weighted by atomic mass is 10.0. The number of aromatic nitrogens is 6. The Morgan fingerprint density at radius 1 is 1.33 bits per heavy atom. The molecule has 0 atom stereocenters. The average Bonchev–Trinajstić information content (AvgIpc) is 3.01. The van der Waals surface area contributed by atoms with Crippen molar-refractivity contribution in [3.63, 3.8) is 0 Å². The first-order chi connectivity index (χ1) is 10.2. The number of nitrogens with zero attached hydrogens (tertiary/aromatic N) is 7. The van der Waals surface area contributed by atoms with E-state index in [1.54, 1.807) is 10.7 Å². The zero-order valence-electron chi connectivity index (χ0n) is 11.5. The van der Waals surface area contributed by atoms with E-state index in [1.165, 1.54) is 6.33 Å². The summed E-state index contributed by atoms with van der Waals surface area (Å²) in [6.07, 6.45) is 5.06. The zero-order chi connectivity index (χ0) is 14.4. The lowest BCUT2D eigenvalue weighted by Gasteiger charge is -2.40. The van der Waals surface area contributed by atoms with Gasteiger partial charge in [-0.25, -0.2) is 4.98 Å². The number of hydrogen-bond acceptors (Lipinski definition) is 5. The van der Waals surface area contributed by atoms with Gasteiger partial charge in [-0.2, -0.15) is 19.7 Å². The van der Waals surface area contributed by atoms with Gasteiger partial charge >= 0.3 is 0 Å². The van der Waals surface area contributed by atoms with Gasteiger partial charge in [0, 0.05) is 43.5 Å². The standard InChI is InChI=1S/C13H14ClN7/c1-9-2-12(21-13(18-9)15-8-17-21)19-4-10(5-19)6-20-7-11(14)3-16-20/h2-3,7-8,10H,4-6H2,1H3. The van der Waals surface area contributed by atoms with Crippen molar-refractivity contribution in [1.82, 2.24) is 29.4 Å². The maximum absolute atomic E-state index is 5.88. The van der Waals surface area contributed by atoms with E-state index in [-0.39, 0.29) is 0 Å². The monoisotopic (exact) mass is 303 g/mol. The lowest BCUT2D eigenvalue weighted by Crippen LogP contribution is -2.49. The molecule has 0 aromatic carbocycles. The highest BCUT2D eigenvalue weighted by Gasteiger charge is 2.29. The van der Waals surface area contributed by atoms with Crippen molar-refractivity contribution >= 4 is 23.2 Å². The van der Waals surface area contributed by atoms with E-state index in [4.69, 9.17) is 11.6 Å². The molecule has 0 radical (unpaired) electrons. The van der Waals surface area contributed by atoms with Crippen molar-refractivity contribution < 1.29 is 0 Å². The second-order valence-corrected chi connectivity index (χ2v) is 5.82. The maximum Gasteiger partial charge on any atom is 0.254 e. The van der Waals surface area contributed by atoms with E-state index in [0.29, 0.717) is 16.7 Å². The Bertz CT molecular complexity index is 787. The molecule has 3 aromatic heterocycles. The molecule has 3 aromatic rings. The molecule has 1 aliphatic heterocycles. The second-order valence-electron chi connectivity index (χ2n) is 5.38. The molecule has 7 nitrogen and oxygen atoms in total. The first-order valence-corrected chi connectivity index (χ1v) is 7.17. The van der Waals surface area contributed by atoms with Crippen LogP contribution in [0.4, 0.5) is 5.82 Å². The number of aryl methyl sites for hydroxylation is 1. The molecule has 1 fully saturated rings. The summed E-state index contributed by atoms with van der Waals surface area (Å²) in [5.74, 6) is 2.25. The van der Waals surface area contributed by atoms with Gasteiger partial charge in [0.25, 0.3) is 5.78 Å². The third-order valence-corrected chi connectivity index (χ3v) is 3.88. The molecule has 0 bridgehead atoms. The van der Waals surface area contributed by atoms with Crippen LogP contribution >= 0.6 is 11.6 Å². The van der Waals surface area contributed by atoms with E-state index in [9.17, 15) is 0 Å². The molecule has 4 rings (SSSR count). The fourth-order valence-electron chi connectivity index (χ4n) is 2.71. The van der Waals surface area contributed by atoms with Crippen molar-refractivity contribution in [2.75, 3.05) is 18.0 Å². The first kappa shape index (κ1) is 12.6. The molecule has 1 saturated heterocycles. The van der Waals surface area contributed by atoms with E-state index < -0.39 is 0 Å². The van der Waals surface area contributed by atoms with Crippen LogP contribution in [0.5, 0.6) is 0 Å². The lowest BCUT2D eigenvalue weighted by molar-refractivity contribution is 0.339. The first-order valence-electron chi connectivity index (χ1n) is 6.79. The summed E-state index contributed by atoms with van der Waals surface area (Å²) in [5.41, 5.74) is 0.952. The Labute approximate surface area is 126 Å². The highest BCUT2D eigenvalue weighted by atomic mass is 35.5. The Morgan fingerprint density at radius 3 is 2.95 bits per heavy atom. The van der Waals surface area contributed by atoms with Crippen LogP contribution in [-0.4, -0.2) is 42.5 Å². The van der Waals surface area contributed by atoms with Gasteiger partial charge < -0.3 is 4.90 Å². The molecule has 0 spiro atoms. The van der Waals surface area contributed by atoms with Crippen molar-refractivity contribution in [1.29, 1.82) is 0 Å². The van der Waals surface area contributed by atoms with Crippen molar-refractivity contribution in [3.8, 4) is 0 Å². The van der Waals surface area contributed by atoms with Crippen LogP contribution < -0.4 is 4.90 Å². The Hall–Kier alpha value is -2.15. The number of hydrogen-bond donors (Lipinski definition) is 0. The van der Waals surface area contributed by atoms with Gasteiger partial charge in [-0.05, 0) is 6.92 Å². The number of fused-ring (bicyclic) bond motifs is 1. The van der Waals surface area contributed by atoms with Gasteiger partial charge in [0.1, 0.15) is 12.1 Å². The number of rotatable bonds is 3. The second kappa shape index (κ2) is 4.70. The highest BCUT2D eigenvalue weighted by molar-refractivity contribution is 6.30. The van der Waals surface area contributed by atoms with E-state index in [1.807, 2.05) is 23.9 Å². The van der Waals surface area contributed by atoms with Gasteiger partial charge in [0.15, 0.2) is 0 Å². The predicted molar refractivity (Wildman–Crippen MR) is 78.5 cm³/mol. The summed E-state index contributed by atoms with van der Waals surface area (Å²) < 4.78 is 3.68. The van der Waals surface area contributed by atoms with E-state index in [0.717, 1.165) is 31.1 Å². The van der Waals surface area contributed by atoms with Crippen LogP contribution in [0.2, 0.25) is 5.02 Å². The van der Waals surface area contributed by atoms with Gasteiger partial charge in [-0.3, -0.25) is 4.68 Å². The van der Waals surface area contributed by atoms with Crippen LogP contribution in [0.25, 0.3) is 5.78 Å². The van der Waals surface area contributed by atoms with Crippen molar-refractivity contribution in [2.45, 2.75) is 13.5 Å². The molecule has 0 saturated carbocycles. The molecule has 0 amide bonds. The summed E-state index contributed by atoms with van der Waals surface area (Å²) in [6, 6.07) is 2.04. The minimum Gasteiger partial charge on any atom is -0.356 e. The molecular weight excluding hydrogens is 290 g/mol. The smallest absolute Gasteiger partial charge is 0.254 e. The van der Waals surface area contributed by atoms with Gasteiger partial charge in [-0.15, -0.1) is 0 Å². The molecular formula is C13H14ClN7. The normalized spacial score (nSPS) is 15.6.